The van der Waals surface area contributed by atoms with Crippen molar-refractivity contribution in [2.75, 3.05) is 0 Å². The van der Waals surface area contributed by atoms with E-state index in [-0.39, 0.29) is 24.8 Å². The summed E-state index contributed by atoms with van der Waals surface area (Å²) in [4.78, 5) is 0. The molecule has 0 amide bonds. The molecule has 45 heavy (non-hydrogen) atoms. The first kappa shape index (κ1) is 33.6. The summed E-state index contributed by atoms with van der Waals surface area (Å²) in [5.74, 6) is 0. The molecule has 228 valence electrons. The molecule has 7 rings (SSSR count). The summed E-state index contributed by atoms with van der Waals surface area (Å²) in [5.41, 5.74) is 18.5. The number of hydrogen-bond acceptors (Lipinski definition) is 0. The van der Waals surface area contributed by atoms with Gasteiger partial charge < -0.3 is 0 Å². The summed E-state index contributed by atoms with van der Waals surface area (Å²) in [6.07, 6.45) is 5.10. The number of benzene rings is 5. The van der Waals surface area contributed by atoms with Crippen LogP contribution in [0.2, 0.25) is 9.26 Å². The molecule has 2 atom stereocenters. The van der Waals surface area contributed by atoms with Crippen molar-refractivity contribution in [2.45, 2.75) is 37.3 Å². The van der Waals surface area contributed by atoms with E-state index in [1.165, 1.54) is 61.2 Å². The number of halogens is 2. The fourth-order valence-electron chi connectivity index (χ4n) is 8.45. The van der Waals surface area contributed by atoms with Crippen LogP contribution in [-0.2, 0) is 17.4 Å². The van der Waals surface area contributed by atoms with Gasteiger partial charge in [-0.05, 0) is 0 Å². The van der Waals surface area contributed by atoms with E-state index < -0.39 is 17.4 Å². The predicted molar refractivity (Wildman–Crippen MR) is 201 cm³/mol. The minimum absolute atomic E-state index is 0. The molecule has 0 bridgehead atoms. The van der Waals surface area contributed by atoms with E-state index in [9.17, 15) is 0 Å². The van der Waals surface area contributed by atoms with Gasteiger partial charge in [-0.25, -0.2) is 0 Å². The Balaban J connectivity index is 0.00000200. The van der Waals surface area contributed by atoms with Crippen molar-refractivity contribution in [3.63, 3.8) is 0 Å². The summed E-state index contributed by atoms with van der Waals surface area (Å²) in [6, 6.07) is 42.9. The maximum atomic E-state index is 2.75. The topological polar surface area (TPSA) is 0 Å². The van der Waals surface area contributed by atoms with Gasteiger partial charge in [0, 0.05) is 0 Å². The van der Waals surface area contributed by atoms with Gasteiger partial charge in [0.05, 0.1) is 0 Å². The van der Waals surface area contributed by atoms with E-state index in [1.54, 1.807) is 11.1 Å². The third-order valence-corrected chi connectivity index (χ3v) is 27.6. The molecule has 0 saturated carbocycles. The van der Waals surface area contributed by atoms with Gasteiger partial charge in [0.25, 0.3) is 0 Å². The molecule has 5 aromatic rings. The fourth-order valence-corrected chi connectivity index (χ4v) is 28.4. The zero-order valence-corrected chi connectivity index (χ0v) is 32.3. The van der Waals surface area contributed by atoms with E-state index in [4.69, 9.17) is 0 Å². The average Bonchev–Trinajstić information content (AvgIpc) is 3.58. The summed E-state index contributed by atoms with van der Waals surface area (Å²) < 4.78 is 6.40. The molecule has 0 heterocycles. The number of allylic oxidation sites excluding steroid dienone is 2. The van der Waals surface area contributed by atoms with Crippen molar-refractivity contribution < 1.29 is 17.4 Å². The Hall–Kier alpha value is -2.74. The molecule has 2 aliphatic rings. The van der Waals surface area contributed by atoms with Crippen LogP contribution in [0.3, 0.4) is 0 Å². The second-order valence-corrected chi connectivity index (χ2v) is 44.4. The van der Waals surface area contributed by atoms with Crippen molar-refractivity contribution >= 4 is 49.4 Å². The van der Waals surface area contributed by atoms with Crippen molar-refractivity contribution in [3.05, 3.63) is 160 Å². The Kier molecular flexibility index (Phi) is 9.31. The smallest absolute Gasteiger partial charge is 0.147 e. The predicted octanol–water partition coefficient (Wildman–Crippen LogP) is 11.6. The third-order valence-electron chi connectivity index (χ3n) is 10.1. The molecule has 4 heteroatoms. The quantitative estimate of drug-likeness (QED) is 0.158. The fraction of sp³-hybridized carbons (Fsp3) is 0.171. The van der Waals surface area contributed by atoms with Gasteiger partial charge in [-0.3, -0.25) is 0 Å². The molecule has 0 N–H and O–H groups in total. The minimum Gasteiger partial charge on any atom is -0.147 e. The average molecular weight is 725 g/mol. The number of hydrogen-bond donors (Lipinski definition) is 0. The molecule has 0 spiro atoms. The van der Waals surface area contributed by atoms with Gasteiger partial charge in [-0.2, -0.15) is 0 Å². The van der Waals surface area contributed by atoms with Crippen molar-refractivity contribution in [3.8, 4) is 22.3 Å². The molecule has 0 fully saturated rings. The first-order valence-corrected chi connectivity index (χ1v) is 29.2. The van der Waals surface area contributed by atoms with Gasteiger partial charge in [0.2, 0.25) is 0 Å². The van der Waals surface area contributed by atoms with Gasteiger partial charge in [0.1, 0.15) is 0 Å². The molecule has 0 aromatic heterocycles. The van der Waals surface area contributed by atoms with Crippen LogP contribution in [0.1, 0.15) is 53.1 Å². The second-order valence-electron chi connectivity index (χ2n) is 14.0. The van der Waals surface area contributed by atoms with E-state index in [2.05, 4.69) is 164 Å². The van der Waals surface area contributed by atoms with E-state index in [0.29, 0.717) is 7.25 Å². The largest absolute Gasteiger partial charge is 0.147 e. The second kappa shape index (κ2) is 12.5. The van der Waals surface area contributed by atoms with E-state index in [0.717, 1.165) is 0 Å². The maximum Gasteiger partial charge on any atom is -0.147 e. The Labute approximate surface area is 284 Å². The molecule has 2 unspecified atom stereocenters. The Morgan fingerprint density at radius 3 is 1.76 bits per heavy atom. The molecule has 5 aromatic carbocycles. The van der Waals surface area contributed by atoms with Crippen molar-refractivity contribution in [1.82, 2.24) is 0 Å². The van der Waals surface area contributed by atoms with Gasteiger partial charge in [-0.1, -0.05) is 0 Å². The summed E-state index contributed by atoms with van der Waals surface area (Å²) in [5, 5.41) is 0. The van der Waals surface area contributed by atoms with Crippen molar-refractivity contribution in [1.29, 1.82) is 0 Å². The standard InChI is InChI=1S/C22H17.C17H15.2CH3.2ClH.H2Si.Zr/c1-16-7-5-10-18(13-16)20-14-19-11-6-12-21(22(19)15-20)17-8-3-2-4-9-17;1-12-10-16-13(2)8-9-15(17(16)11-12)14-6-4-3-5-7-14;;;;;;/h2-15H,1H3;3-11H,1-2H3;2*1H3;2*1H;1H2;. The van der Waals surface area contributed by atoms with Gasteiger partial charge in [0.15, 0.2) is 0 Å². The van der Waals surface area contributed by atoms with Crippen LogP contribution in [0.15, 0.2) is 121 Å². The Bertz CT molecular complexity index is 2030. The van der Waals surface area contributed by atoms with Crippen LogP contribution in [0.4, 0.5) is 0 Å². The number of fused-ring (bicyclic) bond motifs is 2. The zero-order valence-electron chi connectivity index (χ0n) is 26.8. The molecule has 2 aliphatic carbocycles. The molecule has 0 nitrogen and oxygen atoms in total. The SMILES string of the molecule is CC1=Cc2c(-c3ccccc3)ccc(C)c2[CH]1[Zr]([CH3])([CH3])(=[SiH2])[CH]1C(c2cccc(C)c2)=Cc2c(-c3ccccc3)cccc21.Cl.Cl. The molecule has 0 saturated heterocycles. The summed E-state index contributed by atoms with van der Waals surface area (Å²) in [7, 11) is 0. The first-order chi connectivity index (χ1) is 20.6. The summed E-state index contributed by atoms with van der Waals surface area (Å²) in [6.45, 7) is 9.42. The van der Waals surface area contributed by atoms with Gasteiger partial charge in [-0.15, -0.1) is 24.8 Å². The van der Waals surface area contributed by atoms with Crippen LogP contribution in [0.5, 0.6) is 0 Å². The Morgan fingerprint density at radius 2 is 1.13 bits per heavy atom. The zero-order chi connectivity index (χ0) is 30.0. The van der Waals surface area contributed by atoms with E-state index >= 15 is 0 Å². The monoisotopic (exact) mass is 722 g/mol. The number of aryl methyl sites for hydroxylation is 2. The van der Waals surface area contributed by atoms with Crippen molar-refractivity contribution in [2.24, 2.45) is 0 Å². The van der Waals surface area contributed by atoms with Gasteiger partial charge >= 0.3 is 261 Å². The molecular formula is C41H42Cl2SiZr. The maximum absolute atomic E-state index is 3.79. The van der Waals surface area contributed by atoms with Crippen LogP contribution < -0.4 is 0 Å². The summed E-state index contributed by atoms with van der Waals surface area (Å²) >= 11 is -3.79. The minimum atomic E-state index is -3.79. The van der Waals surface area contributed by atoms with Crippen LogP contribution in [-0.4, -0.2) is 6.88 Å². The molecule has 0 aliphatic heterocycles. The first-order valence-electron chi connectivity index (χ1n) is 15.5. The Morgan fingerprint density at radius 1 is 0.556 bits per heavy atom. The van der Waals surface area contributed by atoms with E-state index in [1.807, 2.05) is 0 Å². The van der Waals surface area contributed by atoms with Crippen LogP contribution in [0.25, 0.3) is 40.0 Å². The molecule has 0 radical (unpaired) electrons. The molecular weight excluding hydrogens is 683 g/mol. The van der Waals surface area contributed by atoms with Crippen LogP contribution >= 0.6 is 24.8 Å². The number of rotatable bonds is 5. The van der Waals surface area contributed by atoms with Crippen LogP contribution in [0, 0.1) is 13.8 Å². The third kappa shape index (κ3) is 5.63. The normalized spacial score (nSPS) is 16.9.